The van der Waals surface area contributed by atoms with Gasteiger partial charge in [-0.05, 0) is 12.8 Å². The SMILES string of the molecule is CC[C@@H](C)C1(C)C(=O)N(CC(=O)c2ccccc2)C(=O)N1C. The van der Waals surface area contributed by atoms with Gasteiger partial charge in [0.25, 0.3) is 5.91 Å². The van der Waals surface area contributed by atoms with Crippen LogP contribution < -0.4 is 0 Å². The molecule has 1 aromatic rings. The molecule has 0 aromatic heterocycles. The van der Waals surface area contributed by atoms with E-state index in [2.05, 4.69) is 0 Å². The van der Waals surface area contributed by atoms with Gasteiger partial charge < -0.3 is 4.90 Å². The van der Waals surface area contributed by atoms with Crippen LogP contribution in [0, 0.1) is 5.92 Å². The van der Waals surface area contributed by atoms with E-state index in [-0.39, 0.29) is 24.2 Å². The van der Waals surface area contributed by atoms with Crippen LogP contribution in [0.25, 0.3) is 0 Å². The monoisotopic (exact) mass is 302 g/mol. The number of hydrogen-bond donors (Lipinski definition) is 0. The van der Waals surface area contributed by atoms with Crippen molar-refractivity contribution in [2.24, 2.45) is 5.92 Å². The molecule has 22 heavy (non-hydrogen) atoms. The Morgan fingerprint density at radius 1 is 1.23 bits per heavy atom. The van der Waals surface area contributed by atoms with Gasteiger partial charge in [0.1, 0.15) is 5.54 Å². The highest BCUT2D eigenvalue weighted by atomic mass is 16.2. The standard InChI is InChI=1S/C17H22N2O3/c1-5-12(2)17(3)15(21)19(16(22)18(17)4)11-14(20)13-9-7-6-8-10-13/h6-10,12H,5,11H2,1-4H3/t12-,17?/m1/s1. The van der Waals surface area contributed by atoms with Crippen LogP contribution in [0.2, 0.25) is 0 Å². The fourth-order valence-corrected chi connectivity index (χ4v) is 2.82. The number of ketones is 1. The molecule has 0 aliphatic carbocycles. The zero-order chi connectivity index (χ0) is 16.5. The number of carbonyl (C=O) groups is 3. The second-order valence-corrected chi connectivity index (χ2v) is 5.98. The number of rotatable bonds is 5. The van der Waals surface area contributed by atoms with Gasteiger partial charge in [-0.15, -0.1) is 0 Å². The summed E-state index contributed by atoms with van der Waals surface area (Å²) in [6, 6.07) is 8.30. The van der Waals surface area contributed by atoms with Gasteiger partial charge in [-0.3, -0.25) is 14.5 Å². The van der Waals surface area contributed by atoms with E-state index in [1.807, 2.05) is 19.9 Å². The first kappa shape index (κ1) is 16.2. The highest BCUT2D eigenvalue weighted by Crippen LogP contribution is 2.34. The molecule has 0 saturated carbocycles. The van der Waals surface area contributed by atoms with E-state index in [1.165, 1.54) is 4.90 Å². The molecule has 1 heterocycles. The molecule has 5 heteroatoms. The number of nitrogens with zero attached hydrogens (tertiary/aromatic N) is 2. The number of likely N-dealkylation sites (N-methyl/N-ethyl adjacent to an activating group) is 1. The van der Waals surface area contributed by atoms with E-state index in [4.69, 9.17) is 0 Å². The molecule has 1 aromatic carbocycles. The third-order valence-electron chi connectivity index (χ3n) is 4.86. The number of hydrogen-bond acceptors (Lipinski definition) is 3. The van der Waals surface area contributed by atoms with Gasteiger partial charge in [0, 0.05) is 12.6 Å². The molecule has 0 N–H and O–H groups in total. The van der Waals surface area contributed by atoms with Crippen molar-refractivity contribution in [1.82, 2.24) is 9.80 Å². The van der Waals surface area contributed by atoms with Crippen molar-refractivity contribution in [2.45, 2.75) is 32.7 Å². The third kappa shape index (κ3) is 2.40. The number of imide groups is 1. The van der Waals surface area contributed by atoms with Crippen molar-refractivity contribution in [3.63, 3.8) is 0 Å². The summed E-state index contributed by atoms with van der Waals surface area (Å²) < 4.78 is 0. The van der Waals surface area contributed by atoms with Crippen molar-refractivity contribution in [1.29, 1.82) is 0 Å². The first-order valence-corrected chi connectivity index (χ1v) is 7.52. The third-order valence-corrected chi connectivity index (χ3v) is 4.86. The summed E-state index contributed by atoms with van der Waals surface area (Å²) in [5.74, 6) is -0.506. The zero-order valence-corrected chi connectivity index (χ0v) is 13.5. The van der Waals surface area contributed by atoms with Crippen molar-refractivity contribution >= 4 is 17.7 Å². The highest BCUT2D eigenvalue weighted by molar-refractivity contribution is 6.11. The predicted octanol–water partition coefficient (Wildman–Crippen LogP) is 2.57. The maximum Gasteiger partial charge on any atom is 0.327 e. The lowest BCUT2D eigenvalue weighted by Crippen LogP contribution is -2.50. The lowest BCUT2D eigenvalue weighted by molar-refractivity contribution is -0.134. The van der Waals surface area contributed by atoms with Crippen molar-refractivity contribution in [2.75, 3.05) is 13.6 Å². The molecular formula is C17H22N2O3. The average Bonchev–Trinajstić information content (AvgIpc) is 2.71. The molecule has 5 nitrogen and oxygen atoms in total. The average molecular weight is 302 g/mol. The molecule has 3 amide bonds. The van der Waals surface area contributed by atoms with Crippen LogP contribution in [-0.2, 0) is 4.79 Å². The van der Waals surface area contributed by atoms with Gasteiger partial charge in [0.15, 0.2) is 5.78 Å². The maximum atomic E-state index is 12.7. The van der Waals surface area contributed by atoms with Crippen molar-refractivity contribution in [3.05, 3.63) is 35.9 Å². The van der Waals surface area contributed by atoms with Crippen LogP contribution in [0.15, 0.2) is 30.3 Å². The van der Waals surface area contributed by atoms with Crippen LogP contribution in [0.5, 0.6) is 0 Å². The molecule has 2 atom stereocenters. The minimum Gasteiger partial charge on any atom is -0.313 e. The molecule has 118 valence electrons. The fourth-order valence-electron chi connectivity index (χ4n) is 2.82. The van der Waals surface area contributed by atoms with Gasteiger partial charge in [-0.1, -0.05) is 50.6 Å². The van der Waals surface area contributed by atoms with E-state index in [0.717, 1.165) is 11.3 Å². The molecule has 0 spiro atoms. The topological polar surface area (TPSA) is 57.7 Å². The Bertz CT molecular complexity index is 599. The van der Waals surface area contributed by atoms with E-state index in [1.54, 1.807) is 38.2 Å². The van der Waals surface area contributed by atoms with E-state index < -0.39 is 11.6 Å². The summed E-state index contributed by atoms with van der Waals surface area (Å²) in [4.78, 5) is 39.9. The zero-order valence-electron chi connectivity index (χ0n) is 13.5. The van der Waals surface area contributed by atoms with Gasteiger partial charge in [-0.25, -0.2) is 4.79 Å². The predicted molar refractivity (Wildman–Crippen MR) is 83.5 cm³/mol. The summed E-state index contributed by atoms with van der Waals surface area (Å²) in [7, 11) is 1.62. The molecule has 0 bridgehead atoms. The maximum absolute atomic E-state index is 12.7. The molecule has 1 aliphatic rings. The lowest BCUT2D eigenvalue weighted by atomic mass is 9.84. The van der Waals surface area contributed by atoms with Crippen LogP contribution in [0.1, 0.15) is 37.6 Å². The summed E-state index contributed by atoms with van der Waals surface area (Å²) in [6.45, 7) is 5.50. The minimum absolute atomic E-state index is 0.0192. The molecular weight excluding hydrogens is 280 g/mol. The van der Waals surface area contributed by atoms with Crippen LogP contribution >= 0.6 is 0 Å². The second kappa shape index (κ2) is 5.91. The molecule has 0 radical (unpaired) electrons. The number of urea groups is 1. The molecule has 1 saturated heterocycles. The Kier molecular flexibility index (Phi) is 4.35. The van der Waals surface area contributed by atoms with Crippen LogP contribution in [-0.4, -0.2) is 46.7 Å². The summed E-state index contributed by atoms with van der Waals surface area (Å²) in [6.07, 6.45) is 0.778. The van der Waals surface area contributed by atoms with E-state index in [9.17, 15) is 14.4 Å². The Morgan fingerprint density at radius 3 is 2.36 bits per heavy atom. The Labute approximate surface area is 130 Å². The highest BCUT2D eigenvalue weighted by Gasteiger charge is 2.55. The molecule has 2 rings (SSSR count). The quantitative estimate of drug-likeness (QED) is 0.620. The summed E-state index contributed by atoms with van der Waals surface area (Å²) >= 11 is 0. The van der Waals surface area contributed by atoms with E-state index in [0.29, 0.717) is 5.56 Å². The van der Waals surface area contributed by atoms with Gasteiger partial charge in [0.05, 0.1) is 6.54 Å². The summed E-state index contributed by atoms with van der Waals surface area (Å²) in [5.41, 5.74) is -0.383. The van der Waals surface area contributed by atoms with Crippen molar-refractivity contribution in [3.8, 4) is 0 Å². The Morgan fingerprint density at radius 2 is 1.82 bits per heavy atom. The number of benzene rings is 1. The second-order valence-electron chi connectivity index (χ2n) is 5.98. The Balaban J connectivity index is 2.24. The minimum atomic E-state index is -0.886. The smallest absolute Gasteiger partial charge is 0.313 e. The van der Waals surface area contributed by atoms with Gasteiger partial charge in [-0.2, -0.15) is 0 Å². The first-order chi connectivity index (χ1) is 10.3. The van der Waals surface area contributed by atoms with Crippen molar-refractivity contribution < 1.29 is 14.4 Å². The Hall–Kier alpha value is -2.17. The number of Topliss-reactive ketones (excluding diaryl/α,β-unsaturated/α-hetero) is 1. The summed E-state index contributed by atoms with van der Waals surface area (Å²) in [5, 5.41) is 0. The van der Waals surface area contributed by atoms with Gasteiger partial charge >= 0.3 is 6.03 Å². The lowest BCUT2D eigenvalue weighted by Gasteiger charge is -2.33. The normalized spacial score (nSPS) is 23.1. The molecule has 1 aliphatic heterocycles. The first-order valence-electron chi connectivity index (χ1n) is 7.52. The largest absolute Gasteiger partial charge is 0.327 e. The van der Waals surface area contributed by atoms with E-state index >= 15 is 0 Å². The fraction of sp³-hybridized carbons (Fsp3) is 0.471. The van der Waals surface area contributed by atoms with Crippen LogP contribution in [0.3, 0.4) is 0 Å². The molecule has 1 fully saturated rings. The van der Waals surface area contributed by atoms with Gasteiger partial charge in [0.2, 0.25) is 0 Å². The molecule has 1 unspecified atom stereocenters. The van der Waals surface area contributed by atoms with Crippen LogP contribution in [0.4, 0.5) is 4.79 Å². The number of carbonyl (C=O) groups excluding carboxylic acids is 3. The number of amides is 3.